The van der Waals surface area contributed by atoms with Crippen LogP contribution in [-0.2, 0) is 0 Å². The maximum absolute atomic E-state index is 13.4. The molecule has 0 aliphatic carbocycles. The van der Waals surface area contributed by atoms with Crippen molar-refractivity contribution in [3.05, 3.63) is 70.4 Å². The molecule has 1 aromatic heterocycles. The van der Waals surface area contributed by atoms with Crippen LogP contribution in [0, 0.1) is 12.7 Å². The summed E-state index contributed by atoms with van der Waals surface area (Å²) in [6.45, 7) is 1.78. The molecule has 19 heavy (non-hydrogen) atoms. The van der Waals surface area contributed by atoms with Gasteiger partial charge in [0.05, 0.1) is 0 Å². The van der Waals surface area contributed by atoms with E-state index >= 15 is 0 Å². The van der Waals surface area contributed by atoms with Crippen molar-refractivity contribution < 1.29 is 9.18 Å². The molecule has 3 aromatic rings. The third kappa shape index (κ3) is 2.17. The summed E-state index contributed by atoms with van der Waals surface area (Å²) in [5.74, 6) is -0.497. The highest BCUT2D eigenvalue weighted by atomic mass is 32.1. The number of rotatable bonds is 2. The molecule has 3 rings (SSSR count). The Balaban J connectivity index is 2.13. The Hall–Kier alpha value is -2.00. The number of carbonyl (C=O) groups is 1. The van der Waals surface area contributed by atoms with E-state index in [9.17, 15) is 9.18 Å². The highest BCUT2D eigenvalue weighted by Crippen LogP contribution is 2.27. The summed E-state index contributed by atoms with van der Waals surface area (Å²) in [4.78, 5) is 12.5. The van der Waals surface area contributed by atoms with Crippen LogP contribution in [0.5, 0.6) is 0 Å². The van der Waals surface area contributed by atoms with Crippen LogP contribution in [0.4, 0.5) is 4.39 Å². The molecular formula is C16H11FOS. The average Bonchev–Trinajstić information content (AvgIpc) is 2.80. The van der Waals surface area contributed by atoms with Gasteiger partial charge in [-0.15, -0.1) is 11.3 Å². The molecular weight excluding hydrogens is 259 g/mol. The van der Waals surface area contributed by atoms with Crippen LogP contribution in [-0.4, -0.2) is 5.78 Å². The van der Waals surface area contributed by atoms with Crippen LogP contribution in [0.25, 0.3) is 10.1 Å². The van der Waals surface area contributed by atoms with Crippen molar-refractivity contribution in [2.75, 3.05) is 0 Å². The number of carbonyl (C=O) groups excluding carboxylic acids is 1. The van der Waals surface area contributed by atoms with Gasteiger partial charge in [-0.1, -0.05) is 18.2 Å². The van der Waals surface area contributed by atoms with Crippen LogP contribution >= 0.6 is 11.3 Å². The van der Waals surface area contributed by atoms with Crippen molar-refractivity contribution in [2.24, 2.45) is 0 Å². The van der Waals surface area contributed by atoms with E-state index in [1.54, 1.807) is 13.0 Å². The molecule has 1 heterocycles. The van der Waals surface area contributed by atoms with E-state index in [2.05, 4.69) is 0 Å². The molecule has 0 atom stereocenters. The highest BCUT2D eigenvalue weighted by molar-refractivity contribution is 7.17. The monoisotopic (exact) mass is 270 g/mol. The Labute approximate surface area is 114 Å². The van der Waals surface area contributed by atoms with Crippen LogP contribution in [0.3, 0.4) is 0 Å². The molecule has 0 saturated heterocycles. The summed E-state index contributed by atoms with van der Waals surface area (Å²) in [6, 6.07) is 12.2. The zero-order valence-electron chi connectivity index (χ0n) is 10.3. The van der Waals surface area contributed by atoms with E-state index in [-0.39, 0.29) is 11.6 Å². The van der Waals surface area contributed by atoms with Gasteiger partial charge in [0.15, 0.2) is 5.78 Å². The fourth-order valence-electron chi connectivity index (χ4n) is 2.18. The normalized spacial score (nSPS) is 10.8. The molecule has 0 spiro atoms. The van der Waals surface area contributed by atoms with Gasteiger partial charge in [0.25, 0.3) is 0 Å². The van der Waals surface area contributed by atoms with E-state index in [4.69, 9.17) is 0 Å². The molecule has 0 fully saturated rings. The van der Waals surface area contributed by atoms with Crippen molar-refractivity contribution in [1.82, 2.24) is 0 Å². The molecule has 3 heteroatoms. The Bertz CT molecular complexity index is 753. The van der Waals surface area contributed by atoms with Gasteiger partial charge in [0, 0.05) is 26.6 Å². The first-order valence-corrected chi connectivity index (χ1v) is 6.81. The van der Waals surface area contributed by atoms with Gasteiger partial charge in [0.1, 0.15) is 5.82 Å². The molecule has 0 unspecified atom stereocenters. The minimum atomic E-state index is -0.372. The summed E-state index contributed by atoms with van der Waals surface area (Å²) >= 11 is 1.53. The highest BCUT2D eigenvalue weighted by Gasteiger charge is 2.15. The lowest BCUT2D eigenvalue weighted by Crippen LogP contribution is -2.01. The average molecular weight is 270 g/mol. The van der Waals surface area contributed by atoms with E-state index in [1.165, 1.54) is 23.5 Å². The number of benzene rings is 2. The van der Waals surface area contributed by atoms with Crippen molar-refractivity contribution >= 4 is 27.2 Å². The minimum Gasteiger partial charge on any atom is -0.289 e. The van der Waals surface area contributed by atoms with E-state index in [0.717, 1.165) is 15.6 Å². The number of fused-ring (bicyclic) bond motifs is 1. The first kappa shape index (κ1) is 12.1. The Kier molecular flexibility index (Phi) is 2.91. The zero-order chi connectivity index (χ0) is 13.4. The van der Waals surface area contributed by atoms with E-state index in [0.29, 0.717) is 11.1 Å². The Morgan fingerprint density at radius 2 is 1.95 bits per heavy atom. The maximum Gasteiger partial charge on any atom is 0.194 e. The van der Waals surface area contributed by atoms with Crippen molar-refractivity contribution in [3.8, 4) is 0 Å². The summed E-state index contributed by atoms with van der Waals surface area (Å²) in [5.41, 5.74) is 1.80. The largest absolute Gasteiger partial charge is 0.289 e. The first-order chi connectivity index (χ1) is 9.15. The Morgan fingerprint density at radius 3 is 2.74 bits per heavy atom. The van der Waals surface area contributed by atoms with Crippen LogP contribution < -0.4 is 0 Å². The number of hydrogen-bond acceptors (Lipinski definition) is 2. The van der Waals surface area contributed by atoms with E-state index in [1.807, 2.05) is 29.6 Å². The van der Waals surface area contributed by atoms with Crippen molar-refractivity contribution in [3.63, 3.8) is 0 Å². The number of aryl methyl sites for hydroxylation is 1. The van der Waals surface area contributed by atoms with Crippen molar-refractivity contribution in [2.45, 2.75) is 6.92 Å². The van der Waals surface area contributed by atoms with Gasteiger partial charge in [-0.2, -0.15) is 0 Å². The second-order valence-corrected chi connectivity index (χ2v) is 5.40. The smallest absolute Gasteiger partial charge is 0.194 e. The van der Waals surface area contributed by atoms with Crippen LogP contribution in [0.2, 0.25) is 0 Å². The maximum atomic E-state index is 13.4. The fourth-order valence-corrected chi connectivity index (χ4v) is 3.12. The molecule has 0 aliphatic rings. The van der Waals surface area contributed by atoms with Gasteiger partial charge in [-0.05, 0) is 36.8 Å². The quantitative estimate of drug-likeness (QED) is 0.623. The summed E-state index contributed by atoms with van der Waals surface area (Å²) in [6.07, 6.45) is 0. The SMILES string of the molecule is Cc1cc(F)cc(C(=O)c2csc3ccccc23)c1. The lowest BCUT2D eigenvalue weighted by atomic mass is 10.0. The number of ketones is 1. The minimum absolute atomic E-state index is 0.125. The summed E-state index contributed by atoms with van der Waals surface area (Å²) in [5, 5.41) is 2.77. The molecule has 2 aromatic carbocycles. The second-order valence-electron chi connectivity index (χ2n) is 4.49. The summed E-state index contributed by atoms with van der Waals surface area (Å²) in [7, 11) is 0. The molecule has 0 N–H and O–H groups in total. The van der Waals surface area contributed by atoms with Gasteiger partial charge < -0.3 is 0 Å². The molecule has 0 saturated carbocycles. The Morgan fingerprint density at radius 1 is 1.16 bits per heavy atom. The molecule has 0 radical (unpaired) electrons. The third-order valence-electron chi connectivity index (χ3n) is 3.03. The second kappa shape index (κ2) is 4.59. The molecule has 94 valence electrons. The predicted octanol–water partition coefficient (Wildman–Crippen LogP) is 4.58. The summed E-state index contributed by atoms with van der Waals surface area (Å²) < 4.78 is 14.5. The van der Waals surface area contributed by atoms with Gasteiger partial charge >= 0.3 is 0 Å². The number of hydrogen-bond donors (Lipinski definition) is 0. The molecule has 0 aliphatic heterocycles. The standard InChI is InChI=1S/C16H11FOS/c1-10-6-11(8-12(17)7-10)16(18)14-9-19-15-5-3-2-4-13(14)15/h2-9H,1H3. The van der Waals surface area contributed by atoms with E-state index < -0.39 is 0 Å². The van der Waals surface area contributed by atoms with Crippen LogP contribution in [0.15, 0.2) is 47.8 Å². The third-order valence-corrected chi connectivity index (χ3v) is 3.99. The lowest BCUT2D eigenvalue weighted by Gasteiger charge is -2.02. The predicted molar refractivity (Wildman–Crippen MR) is 76.4 cm³/mol. The topological polar surface area (TPSA) is 17.1 Å². The van der Waals surface area contributed by atoms with Gasteiger partial charge in [-0.3, -0.25) is 4.79 Å². The lowest BCUT2D eigenvalue weighted by molar-refractivity contribution is 0.104. The number of halogens is 1. The fraction of sp³-hybridized carbons (Fsp3) is 0.0625. The molecule has 1 nitrogen and oxygen atoms in total. The van der Waals surface area contributed by atoms with Gasteiger partial charge in [0.2, 0.25) is 0 Å². The first-order valence-electron chi connectivity index (χ1n) is 5.93. The van der Waals surface area contributed by atoms with Crippen LogP contribution in [0.1, 0.15) is 21.5 Å². The van der Waals surface area contributed by atoms with Crippen molar-refractivity contribution in [1.29, 1.82) is 0 Å². The number of thiophene rings is 1. The zero-order valence-corrected chi connectivity index (χ0v) is 11.1. The molecule has 0 amide bonds. The van der Waals surface area contributed by atoms with Gasteiger partial charge in [-0.25, -0.2) is 4.39 Å². The molecule has 0 bridgehead atoms.